The third kappa shape index (κ3) is 0.684. The van der Waals surface area contributed by atoms with Crippen molar-refractivity contribution >= 4 is 17.7 Å². The third-order valence-corrected chi connectivity index (χ3v) is 1.28. The molecule has 1 aliphatic carbocycles. The van der Waals surface area contributed by atoms with Crippen molar-refractivity contribution in [1.29, 1.82) is 5.41 Å². The molecule has 1 rings (SSSR count). The Morgan fingerprint density at radius 3 is 2.17 bits per heavy atom. The first-order valence-corrected chi connectivity index (χ1v) is 2.47. The fourth-order valence-corrected chi connectivity index (χ4v) is 0.581. The highest BCUT2D eigenvalue weighted by Gasteiger charge is 2.24. The highest BCUT2D eigenvalue weighted by Crippen LogP contribution is 2.30. The van der Waals surface area contributed by atoms with E-state index in [4.69, 9.17) is 5.41 Å². The normalized spacial score (nSPS) is 20.7. The summed E-state index contributed by atoms with van der Waals surface area (Å²) >= 11 is 4.55. The summed E-state index contributed by atoms with van der Waals surface area (Å²) in [5.41, 5.74) is 0. The standard InChI is InChI=1S/C4H6NS/c5-4(6)3-1-2-3/h3,5H,1-2H2. The van der Waals surface area contributed by atoms with E-state index >= 15 is 0 Å². The second kappa shape index (κ2) is 1.19. The van der Waals surface area contributed by atoms with Gasteiger partial charge in [0.15, 0.2) is 0 Å². The largest absolute Gasteiger partial charge is 0.293 e. The van der Waals surface area contributed by atoms with Gasteiger partial charge in [0, 0.05) is 5.92 Å². The molecule has 1 radical (unpaired) electrons. The average Bonchev–Trinajstić information content (AvgIpc) is 2.06. The van der Waals surface area contributed by atoms with Gasteiger partial charge in [-0.05, 0) is 12.8 Å². The van der Waals surface area contributed by atoms with Crippen LogP contribution < -0.4 is 0 Å². The lowest BCUT2D eigenvalue weighted by Gasteiger charge is -1.77. The molecule has 0 unspecified atom stereocenters. The van der Waals surface area contributed by atoms with Gasteiger partial charge >= 0.3 is 0 Å². The molecule has 0 aromatic carbocycles. The fraction of sp³-hybridized carbons (Fsp3) is 0.750. The maximum atomic E-state index is 6.83. The lowest BCUT2D eigenvalue weighted by Crippen LogP contribution is -1.82. The van der Waals surface area contributed by atoms with E-state index in [1.54, 1.807) is 0 Å². The summed E-state index contributed by atoms with van der Waals surface area (Å²) in [5, 5.41) is 7.28. The maximum absolute atomic E-state index is 6.83. The highest BCUT2D eigenvalue weighted by molar-refractivity contribution is 7.96. The van der Waals surface area contributed by atoms with Gasteiger partial charge in [0.1, 0.15) is 0 Å². The van der Waals surface area contributed by atoms with E-state index < -0.39 is 0 Å². The zero-order valence-corrected chi connectivity index (χ0v) is 4.22. The van der Waals surface area contributed by atoms with Crippen molar-refractivity contribution in [3.63, 3.8) is 0 Å². The molecule has 6 heavy (non-hydrogen) atoms. The molecule has 1 saturated carbocycles. The third-order valence-electron chi connectivity index (χ3n) is 0.948. The number of hydrogen-bond donors (Lipinski definition) is 1. The summed E-state index contributed by atoms with van der Waals surface area (Å²) in [6, 6.07) is 0. The average molecular weight is 100 g/mol. The van der Waals surface area contributed by atoms with Crippen LogP contribution >= 0.6 is 12.6 Å². The van der Waals surface area contributed by atoms with Crippen LogP contribution in [0, 0.1) is 11.3 Å². The molecule has 1 nitrogen and oxygen atoms in total. The Morgan fingerprint density at radius 2 is 2.17 bits per heavy atom. The van der Waals surface area contributed by atoms with Gasteiger partial charge in [-0.3, -0.25) is 5.41 Å². The maximum Gasteiger partial charge on any atom is 0.0971 e. The minimum atomic E-state index is 0.454. The molecule has 1 N–H and O–H groups in total. The van der Waals surface area contributed by atoms with E-state index in [0.717, 1.165) is 0 Å². The molecule has 1 aliphatic rings. The van der Waals surface area contributed by atoms with E-state index in [1.165, 1.54) is 12.8 Å². The predicted octanol–water partition coefficient (Wildman–Crippen LogP) is 1.57. The van der Waals surface area contributed by atoms with Crippen LogP contribution in [-0.4, -0.2) is 5.04 Å². The molecule has 2 heteroatoms. The minimum Gasteiger partial charge on any atom is -0.293 e. The molecule has 0 aromatic rings. The molecular formula is C4H6NS. The molecular weight excluding hydrogens is 94.1 g/mol. The summed E-state index contributed by atoms with van der Waals surface area (Å²) in [6.45, 7) is 0. The summed E-state index contributed by atoms with van der Waals surface area (Å²) in [4.78, 5) is 0. The van der Waals surface area contributed by atoms with E-state index in [1.807, 2.05) is 0 Å². The molecule has 0 aromatic heterocycles. The zero-order valence-electron chi connectivity index (χ0n) is 3.40. The van der Waals surface area contributed by atoms with Crippen LogP contribution in [0.3, 0.4) is 0 Å². The predicted molar refractivity (Wildman–Crippen MR) is 28.0 cm³/mol. The van der Waals surface area contributed by atoms with Crippen LogP contribution in [-0.2, 0) is 0 Å². The Bertz CT molecular complexity index is 75.6. The fourth-order valence-electron chi connectivity index (χ4n) is 0.346. The minimum absolute atomic E-state index is 0.454. The van der Waals surface area contributed by atoms with Gasteiger partial charge in [-0.1, -0.05) is 12.6 Å². The van der Waals surface area contributed by atoms with Crippen molar-refractivity contribution in [1.82, 2.24) is 0 Å². The lowest BCUT2D eigenvalue weighted by atomic mass is 10.5. The first-order valence-electron chi connectivity index (χ1n) is 2.06. The lowest BCUT2D eigenvalue weighted by molar-refractivity contribution is 1.20. The summed E-state index contributed by atoms with van der Waals surface area (Å²) in [6.07, 6.45) is 2.34. The second-order valence-corrected chi connectivity index (χ2v) is 2.08. The van der Waals surface area contributed by atoms with Gasteiger partial charge < -0.3 is 0 Å². The van der Waals surface area contributed by atoms with Crippen LogP contribution in [0.25, 0.3) is 0 Å². The Hall–Kier alpha value is -0.110. The number of hydrogen-bond acceptors (Lipinski definition) is 1. The van der Waals surface area contributed by atoms with Crippen LogP contribution in [0.2, 0.25) is 0 Å². The van der Waals surface area contributed by atoms with Gasteiger partial charge in [-0.25, -0.2) is 0 Å². The Morgan fingerprint density at radius 1 is 1.67 bits per heavy atom. The smallest absolute Gasteiger partial charge is 0.0971 e. The second-order valence-electron chi connectivity index (χ2n) is 1.64. The van der Waals surface area contributed by atoms with Crippen molar-refractivity contribution in [2.45, 2.75) is 12.8 Å². The van der Waals surface area contributed by atoms with Crippen molar-refractivity contribution in [3.8, 4) is 0 Å². The summed E-state index contributed by atoms with van der Waals surface area (Å²) in [5.74, 6) is 0.500. The quantitative estimate of drug-likeness (QED) is 0.382. The first-order chi connectivity index (χ1) is 2.80. The molecule has 0 aliphatic heterocycles. The van der Waals surface area contributed by atoms with Crippen LogP contribution in [0.4, 0.5) is 0 Å². The monoisotopic (exact) mass is 100 g/mol. The molecule has 0 amide bonds. The first kappa shape index (κ1) is 4.06. The molecule has 0 atom stereocenters. The molecule has 0 spiro atoms. The Labute approximate surface area is 42.7 Å². The van der Waals surface area contributed by atoms with Gasteiger partial charge in [0.2, 0.25) is 0 Å². The van der Waals surface area contributed by atoms with Gasteiger partial charge in [0.05, 0.1) is 5.04 Å². The molecule has 0 bridgehead atoms. The van der Waals surface area contributed by atoms with E-state index in [-0.39, 0.29) is 0 Å². The number of rotatable bonds is 1. The number of nitrogens with one attached hydrogen (secondary N) is 1. The molecule has 0 saturated heterocycles. The summed E-state index contributed by atoms with van der Waals surface area (Å²) < 4.78 is 0. The topological polar surface area (TPSA) is 23.9 Å². The Kier molecular flexibility index (Phi) is 0.804. The molecule has 1 fully saturated rings. The van der Waals surface area contributed by atoms with Gasteiger partial charge in [0.25, 0.3) is 0 Å². The molecule has 33 valence electrons. The summed E-state index contributed by atoms with van der Waals surface area (Å²) in [7, 11) is 0. The van der Waals surface area contributed by atoms with Crippen molar-refractivity contribution in [2.75, 3.05) is 0 Å². The van der Waals surface area contributed by atoms with Crippen molar-refractivity contribution < 1.29 is 0 Å². The van der Waals surface area contributed by atoms with E-state index in [0.29, 0.717) is 11.0 Å². The van der Waals surface area contributed by atoms with Gasteiger partial charge in [-0.2, -0.15) is 0 Å². The molecule has 0 heterocycles. The van der Waals surface area contributed by atoms with E-state index in [2.05, 4.69) is 12.6 Å². The zero-order chi connectivity index (χ0) is 4.57. The highest BCUT2D eigenvalue weighted by atomic mass is 32.1. The van der Waals surface area contributed by atoms with Crippen LogP contribution in [0.15, 0.2) is 0 Å². The van der Waals surface area contributed by atoms with Crippen molar-refractivity contribution in [3.05, 3.63) is 0 Å². The SMILES string of the molecule is N=C([S])C1CC1. The van der Waals surface area contributed by atoms with Crippen molar-refractivity contribution in [2.24, 2.45) is 5.92 Å². The van der Waals surface area contributed by atoms with Crippen LogP contribution in [0.1, 0.15) is 12.8 Å². The van der Waals surface area contributed by atoms with Crippen LogP contribution in [0.5, 0.6) is 0 Å². The van der Waals surface area contributed by atoms with E-state index in [9.17, 15) is 0 Å². The van der Waals surface area contributed by atoms with Gasteiger partial charge in [-0.15, -0.1) is 0 Å². The Balaban J connectivity index is 2.31.